The first kappa shape index (κ1) is 16.2. The van der Waals surface area contributed by atoms with Crippen molar-refractivity contribution in [2.75, 3.05) is 7.05 Å². The zero-order chi connectivity index (χ0) is 13.0. The highest BCUT2D eigenvalue weighted by Crippen LogP contribution is 2.13. The Balaban J connectivity index is 0.00000180. The van der Waals surface area contributed by atoms with Gasteiger partial charge in [0.2, 0.25) is 0 Å². The Hall–Kier alpha value is -0.860. The second kappa shape index (κ2) is 7.66. The number of aryl methyl sites for hydroxylation is 1. The van der Waals surface area contributed by atoms with E-state index in [2.05, 4.69) is 44.2 Å². The zero-order valence-electron chi connectivity index (χ0n) is 11.8. The van der Waals surface area contributed by atoms with Crippen LogP contribution in [0.1, 0.15) is 38.3 Å². The monoisotopic (exact) mass is 378 g/mol. The van der Waals surface area contributed by atoms with Gasteiger partial charge in [-0.3, -0.25) is 4.99 Å². The second-order valence-corrected chi connectivity index (χ2v) is 4.67. The molecule has 0 amide bonds. The smallest absolute Gasteiger partial charge is 0.191 e. The highest BCUT2D eigenvalue weighted by molar-refractivity contribution is 14.0. The summed E-state index contributed by atoms with van der Waals surface area (Å²) in [5.74, 6) is 2.92. The summed E-state index contributed by atoms with van der Waals surface area (Å²) >= 11 is 0. The number of hydrogen-bond donors (Lipinski definition) is 2. The fourth-order valence-corrected chi connectivity index (χ4v) is 2.03. The molecule has 108 valence electrons. The molecular formula is C12H23IN6. The number of nitrogens with zero attached hydrogens (tertiary/aromatic N) is 4. The zero-order valence-corrected chi connectivity index (χ0v) is 14.1. The van der Waals surface area contributed by atoms with Crippen LogP contribution in [0.2, 0.25) is 0 Å². The molecule has 2 heterocycles. The molecule has 0 aromatic carbocycles. The molecule has 1 aliphatic heterocycles. The molecule has 1 unspecified atom stereocenters. The van der Waals surface area contributed by atoms with Crippen LogP contribution in [-0.2, 0) is 19.5 Å². The third-order valence-corrected chi connectivity index (χ3v) is 3.32. The Labute approximate surface area is 131 Å². The molecule has 0 radical (unpaired) electrons. The first-order valence-electron chi connectivity index (χ1n) is 6.62. The van der Waals surface area contributed by atoms with Crippen molar-refractivity contribution >= 4 is 29.9 Å². The number of guanidine groups is 1. The van der Waals surface area contributed by atoms with Crippen LogP contribution >= 0.6 is 24.0 Å². The summed E-state index contributed by atoms with van der Waals surface area (Å²) in [6.45, 7) is 6.00. The van der Waals surface area contributed by atoms with Gasteiger partial charge < -0.3 is 15.2 Å². The number of aliphatic imine (C=N–C) groups is 1. The van der Waals surface area contributed by atoms with Crippen LogP contribution in [0.3, 0.4) is 0 Å². The minimum absolute atomic E-state index is 0. The van der Waals surface area contributed by atoms with E-state index in [1.807, 2.05) is 0 Å². The lowest BCUT2D eigenvalue weighted by Gasteiger charge is -2.16. The minimum atomic E-state index is 0. The molecule has 2 rings (SSSR count). The van der Waals surface area contributed by atoms with Crippen LogP contribution in [0.4, 0.5) is 0 Å². The van der Waals surface area contributed by atoms with E-state index in [0.717, 1.165) is 37.0 Å². The van der Waals surface area contributed by atoms with Crippen LogP contribution in [0, 0.1) is 0 Å². The Morgan fingerprint density at radius 1 is 1.47 bits per heavy atom. The van der Waals surface area contributed by atoms with E-state index in [4.69, 9.17) is 0 Å². The molecule has 1 aliphatic rings. The Kier molecular flexibility index (Phi) is 6.53. The van der Waals surface area contributed by atoms with Crippen LogP contribution in [0.25, 0.3) is 0 Å². The standard InChI is InChI=1S/C12H22N6.HI/c1-4-9(2)15-12(13-3)14-8-11-17-16-10-6-5-7-18(10)11;/h9H,4-8H2,1-3H3,(H2,13,14,15);1H. The lowest BCUT2D eigenvalue weighted by Crippen LogP contribution is -2.41. The van der Waals surface area contributed by atoms with Crippen molar-refractivity contribution in [3.05, 3.63) is 11.6 Å². The summed E-state index contributed by atoms with van der Waals surface area (Å²) in [5.41, 5.74) is 0. The maximum atomic E-state index is 4.21. The molecule has 1 aromatic heterocycles. The summed E-state index contributed by atoms with van der Waals surface area (Å²) in [6, 6.07) is 0.417. The summed E-state index contributed by atoms with van der Waals surface area (Å²) in [5, 5.41) is 15.0. The fourth-order valence-electron chi connectivity index (χ4n) is 2.03. The SMILES string of the molecule is CCC(C)NC(=NC)NCc1nnc2n1CCC2.I. The molecule has 0 saturated heterocycles. The summed E-state index contributed by atoms with van der Waals surface area (Å²) < 4.78 is 2.20. The molecule has 0 fully saturated rings. The van der Waals surface area contributed by atoms with E-state index in [-0.39, 0.29) is 24.0 Å². The van der Waals surface area contributed by atoms with Crippen LogP contribution in [0.5, 0.6) is 0 Å². The normalized spacial score (nSPS) is 15.6. The predicted molar refractivity (Wildman–Crippen MR) is 86.8 cm³/mol. The third-order valence-electron chi connectivity index (χ3n) is 3.32. The average molecular weight is 378 g/mol. The number of fused-ring (bicyclic) bond motifs is 1. The number of halogens is 1. The van der Waals surface area contributed by atoms with Crippen LogP contribution in [-0.4, -0.2) is 33.8 Å². The van der Waals surface area contributed by atoms with Gasteiger partial charge >= 0.3 is 0 Å². The molecule has 0 saturated carbocycles. The van der Waals surface area contributed by atoms with Crippen molar-refractivity contribution in [3.63, 3.8) is 0 Å². The van der Waals surface area contributed by atoms with Gasteiger partial charge in [0.05, 0.1) is 6.54 Å². The van der Waals surface area contributed by atoms with Crippen molar-refractivity contribution in [2.45, 2.75) is 52.2 Å². The largest absolute Gasteiger partial charge is 0.354 e. The fraction of sp³-hybridized carbons (Fsp3) is 0.750. The molecule has 1 atom stereocenters. The van der Waals surface area contributed by atoms with Crippen molar-refractivity contribution in [2.24, 2.45) is 4.99 Å². The maximum Gasteiger partial charge on any atom is 0.191 e. The van der Waals surface area contributed by atoms with Crippen LogP contribution in [0.15, 0.2) is 4.99 Å². The Morgan fingerprint density at radius 2 is 2.26 bits per heavy atom. The van der Waals surface area contributed by atoms with E-state index >= 15 is 0 Å². The van der Waals surface area contributed by atoms with Gasteiger partial charge in [-0.15, -0.1) is 34.2 Å². The van der Waals surface area contributed by atoms with E-state index in [1.165, 1.54) is 6.42 Å². The summed E-state index contributed by atoms with van der Waals surface area (Å²) in [4.78, 5) is 4.21. The molecule has 0 bridgehead atoms. The quantitative estimate of drug-likeness (QED) is 0.471. The lowest BCUT2D eigenvalue weighted by molar-refractivity contribution is 0.613. The topological polar surface area (TPSA) is 67.1 Å². The van der Waals surface area contributed by atoms with Gasteiger partial charge in [-0.25, -0.2) is 0 Å². The highest BCUT2D eigenvalue weighted by atomic mass is 127. The Morgan fingerprint density at radius 3 is 2.95 bits per heavy atom. The van der Waals surface area contributed by atoms with E-state index in [0.29, 0.717) is 12.6 Å². The number of hydrogen-bond acceptors (Lipinski definition) is 3. The third kappa shape index (κ3) is 4.05. The van der Waals surface area contributed by atoms with E-state index < -0.39 is 0 Å². The number of rotatable bonds is 4. The van der Waals surface area contributed by atoms with Gasteiger partial charge in [0.1, 0.15) is 5.82 Å². The summed E-state index contributed by atoms with van der Waals surface area (Å²) in [6.07, 6.45) is 3.30. The van der Waals surface area contributed by atoms with Crippen molar-refractivity contribution in [3.8, 4) is 0 Å². The summed E-state index contributed by atoms with van der Waals surface area (Å²) in [7, 11) is 1.78. The first-order valence-corrected chi connectivity index (χ1v) is 6.62. The Bertz CT molecular complexity index is 428. The van der Waals surface area contributed by atoms with Gasteiger partial charge in [0.25, 0.3) is 0 Å². The van der Waals surface area contributed by atoms with E-state index in [1.54, 1.807) is 7.05 Å². The molecule has 1 aromatic rings. The average Bonchev–Trinajstić information content (AvgIpc) is 2.97. The first-order chi connectivity index (χ1) is 8.74. The molecule has 19 heavy (non-hydrogen) atoms. The van der Waals surface area contributed by atoms with Gasteiger partial charge in [0.15, 0.2) is 11.8 Å². The van der Waals surface area contributed by atoms with Crippen molar-refractivity contribution in [1.29, 1.82) is 0 Å². The number of nitrogens with one attached hydrogen (secondary N) is 2. The second-order valence-electron chi connectivity index (χ2n) is 4.67. The molecular weight excluding hydrogens is 355 g/mol. The van der Waals surface area contributed by atoms with E-state index in [9.17, 15) is 0 Å². The molecule has 7 heteroatoms. The van der Waals surface area contributed by atoms with Crippen LogP contribution < -0.4 is 10.6 Å². The minimum Gasteiger partial charge on any atom is -0.354 e. The van der Waals surface area contributed by atoms with Gasteiger partial charge in [-0.2, -0.15) is 0 Å². The molecule has 2 N–H and O–H groups in total. The highest BCUT2D eigenvalue weighted by Gasteiger charge is 2.17. The van der Waals surface area contributed by atoms with Crippen molar-refractivity contribution < 1.29 is 0 Å². The molecule has 6 nitrogen and oxygen atoms in total. The maximum absolute atomic E-state index is 4.21. The van der Waals surface area contributed by atoms with Crippen molar-refractivity contribution in [1.82, 2.24) is 25.4 Å². The molecule has 0 spiro atoms. The van der Waals surface area contributed by atoms with Gasteiger partial charge in [-0.05, 0) is 19.8 Å². The number of aromatic nitrogens is 3. The lowest BCUT2D eigenvalue weighted by atomic mass is 10.3. The predicted octanol–water partition coefficient (Wildman–Crippen LogP) is 1.31. The van der Waals surface area contributed by atoms with Gasteiger partial charge in [-0.1, -0.05) is 6.92 Å². The molecule has 0 aliphatic carbocycles. The van der Waals surface area contributed by atoms with Gasteiger partial charge in [0, 0.05) is 26.1 Å².